The van der Waals surface area contributed by atoms with Gasteiger partial charge in [-0.05, 0) is 12.8 Å². The molecule has 0 aromatic rings. The van der Waals surface area contributed by atoms with Crippen LogP contribution in [0.1, 0.15) is 19.3 Å². The van der Waals surface area contributed by atoms with Gasteiger partial charge in [0.2, 0.25) is 5.91 Å². The Bertz CT molecular complexity index is 422. The topological polar surface area (TPSA) is 108 Å². The van der Waals surface area contributed by atoms with Crippen LogP contribution in [0.2, 0.25) is 0 Å². The fraction of sp³-hybridized carbons (Fsp3) is 0.833. The SMILES string of the molecule is O=C1CCN(C2OC(CO)[C@@H](O)[C@@]23CCCO3)C(=O)N1. The highest BCUT2D eigenvalue weighted by Crippen LogP contribution is 2.43. The summed E-state index contributed by atoms with van der Waals surface area (Å²) in [4.78, 5) is 24.5. The number of urea groups is 1. The van der Waals surface area contributed by atoms with E-state index in [0.29, 0.717) is 13.0 Å². The van der Waals surface area contributed by atoms with Gasteiger partial charge in [-0.25, -0.2) is 4.79 Å². The first-order valence-electron chi connectivity index (χ1n) is 6.77. The lowest BCUT2D eigenvalue weighted by atomic mass is 9.90. The Kier molecular flexibility index (Phi) is 3.41. The van der Waals surface area contributed by atoms with E-state index in [0.717, 1.165) is 6.42 Å². The van der Waals surface area contributed by atoms with Gasteiger partial charge in [0.15, 0.2) is 6.23 Å². The quantitative estimate of drug-likeness (QED) is 0.573. The van der Waals surface area contributed by atoms with Crippen LogP contribution in [0.15, 0.2) is 0 Å². The number of hydrogen-bond acceptors (Lipinski definition) is 6. The number of carbonyl (C=O) groups is 2. The Balaban J connectivity index is 1.87. The lowest BCUT2D eigenvalue weighted by molar-refractivity contribution is -0.144. The Morgan fingerprint density at radius 2 is 2.25 bits per heavy atom. The van der Waals surface area contributed by atoms with E-state index in [2.05, 4.69) is 5.32 Å². The normalized spacial score (nSPS) is 41.5. The van der Waals surface area contributed by atoms with Gasteiger partial charge in [0, 0.05) is 19.6 Å². The van der Waals surface area contributed by atoms with Gasteiger partial charge >= 0.3 is 6.03 Å². The summed E-state index contributed by atoms with van der Waals surface area (Å²) in [5, 5.41) is 21.9. The molecule has 8 heteroatoms. The van der Waals surface area contributed by atoms with Gasteiger partial charge in [0.1, 0.15) is 17.8 Å². The maximum atomic E-state index is 11.9. The first-order valence-corrected chi connectivity index (χ1v) is 6.77. The van der Waals surface area contributed by atoms with Crippen LogP contribution >= 0.6 is 0 Å². The third-order valence-electron chi connectivity index (χ3n) is 4.21. The zero-order chi connectivity index (χ0) is 14.3. The van der Waals surface area contributed by atoms with Crippen molar-refractivity contribution in [2.45, 2.75) is 43.3 Å². The van der Waals surface area contributed by atoms with Gasteiger partial charge in [-0.2, -0.15) is 0 Å². The van der Waals surface area contributed by atoms with E-state index in [9.17, 15) is 19.8 Å². The van der Waals surface area contributed by atoms with Crippen molar-refractivity contribution in [3.05, 3.63) is 0 Å². The second-order valence-electron chi connectivity index (χ2n) is 5.36. The number of nitrogens with one attached hydrogen (secondary N) is 1. The van der Waals surface area contributed by atoms with E-state index >= 15 is 0 Å². The molecule has 0 aromatic carbocycles. The lowest BCUT2D eigenvalue weighted by Crippen LogP contribution is -2.61. The molecule has 3 aliphatic heterocycles. The molecule has 0 aliphatic carbocycles. The molecule has 8 nitrogen and oxygen atoms in total. The van der Waals surface area contributed by atoms with Crippen LogP contribution in [0.4, 0.5) is 4.79 Å². The average molecular weight is 286 g/mol. The van der Waals surface area contributed by atoms with Crippen LogP contribution in [0.25, 0.3) is 0 Å². The maximum absolute atomic E-state index is 11.9. The molecule has 3 amide bonds. The molecule has 0 aromatic heterocycles. The predicted octanol–water partition coefficient (Wildman–Crippen LogP) is -1.44. The molecule has 112 valence electrons. The summed E-state index contributed by atoms with van der Waals surface area (Å²) < 4.78 is 11.3. The van der Waals surface area contributed by atoms with Gasteiger partial charge in [0.25, 0.3) is 0 Å². The summed E-state index contributed by atoms with van der Waals surface area (Å²) in [5.74, 6) is -0.329. The molecule has 20 heavy (non-hydrogen) atoms. The summed E-state index contributed by atoms with van der Waals surface area (Å²) >= 11 is 0. The van der Waals surface area contributed by atoms with Gasteiger partial charge in [-0.3, -0.25) is 15.0 Å². The monoisotopic (exact) mass is 286 g/mol. The van der Waals surface area contributed by atoms with Gasteiger partial charge in [0.05, 0.1) is 6.61 Å². The fourth-order valence-electron chi connectivity index (χ4n) is 3.21. The van der Waals surface area contributed by atoms with Crippen molar-refractivity contribution in [3.8, 4) is 0 Å². The third-order valence-corrected chi connectivity index (χ3v) is 4.21. The molecule has 3 aliphatic rings. The number of ether oxygens (including phenoxy) is 2. The van der Waals surface area contributed by atoms with Crippen LogP contribution in [-0.4, -0.2) is 70.8 Å². The van der Waals surface area contributed by atoms with E-state index in [4.69, 9.17) is 9.47 Å². The number of hydrogen-bond donors (Lipinski definition) is 3. The molecule has 3 rings (SSSR count). The molecule has 3 fully saturated rings. The number of rotatable bonds is 2. The Morgan fingerprint density at radius 3 is 2.85 bits per heavy atom. The minimum absolute atomic E-state index is 0.182. The van der Waals surface area contributed by atoms with Crippen molar-refractivity contribution < 1.29 is 29.3 Å². The summed E-state index contributed by atoms with van der Waals surface area (Å²) in [5.41, 5.74) is -1.01. The van der Waals surface area contributed by atoms with Crippen LogP contribution < -0.4 is 5.32 Å². The molecule has 0 radical (unpaired) electrons. The summed E-state index contributed by atoms with van der Waals surface area (Å²) in [6.07, 6.45) is -1.09. The largest absolute Gasteiger partial charge is 0.394 e. The highest BCUT2D eigenvalue weighted by atomic mass is 16.6. The summed E-state index contributed by atoms with van der Waals surface area (Å²) in [6, 6.07) is -0.549. The molecule has 1 spiro atoms. The van der Waals surface area contributed by atoms with Gasteiger partial charge in [-0.1, -0.05) is 0 Å². The van der Waals surface area contributed by atoms with E-state index < -0.39 is 30.1 Å². The second-order valence-corrected chi connectivity index (χ2v) is 5.36. The van der Waals surface area contributed by atoms with Crippen LogP contribution in [0, 0.1) is 0 Å². The smallest absolute Gasteiger partial charge is 0.326 e. The van der Waals surface area contributed by atoms with Gasteiger partial charge in [-0.15, -0.1) is 0 Å². The molecule has 0 bridgehead atoms. The molecule has 3 saturated heterocycles. The van der Waals surface area contributed by atoms with Gasteiger partial charge < -0.3 is 19.7 Å². The van der Waals surface area contributed by atoms with Crippen molar-refractivity contribution in [2.24, 2.45) is 0 Å². The van der Waals surface area contributed by atoms with Crippen molar-refractivity contribution in [2.75, 3.05) is 19.8 Å². The lowest BCUT2D eigenvalue weighted by Gasteiger charge is -2.39. The molecular formula is C12H18N2O6. The Hall–Kier alpha value is -1.22. The number of aliphatic hydroxyl groups is 2. The van der Waals surface area contributed by atoms with Crippen LogP contribution in [0.3, 0.4) is 0 Å². The first-order chi connectivity index (χ1) is 9.58. The van der Waals surface area contributed by atoms with Crippen molar-refractivity contribution in [1.82, 2.24) is 10.2 Å². The molecule has 4 atom stereocenters. The van der Waals surface area contributed by atoms with Crippen molar-refractivity contribution in [1.29, 1.82) is 0 Å². The second kappa shape index (κ2) is 4.96. The van der Waals surface area contributed by atoms with E-state index in [-0.39, 0.29) is 25.5 Å². The van der Waals surface area contributed by atoms with Crippen molar-refractivity contribution >= 4 is 11.9 Å². The maximum Gasteiger partial charge on any atom is 0.326 e. The standard InChI is InChI=1S/C12H18N2O6/c15-6-7-9(17)12(3-1-5-19-12)10(20-7)14-4-2-8(16)13-11(14)18/h7,9-10,15,17H,1-6H2,(H,13,16,18)/t7?,9-,10?,12+/m1/s1. The Morgan fingerprint density at radius 1 is 1.45 bits per heavy atom. The first kappa shape index (κ1) is 13.7. The molecule has 2 unspecified atom stereocenters. The number of nitrogens with zero attached hydrogens (tertiary/aromatic N) is 1. The molecule has 0 saturated carbocycles. The summed E-state index contributed by atoms with van der Waals surface area (Å²) in [6.45, 7) is 0.339. The minimum atomic E-state index is -1.01. The fourth-order valence-corrected chi connectivity index (χ4v) is 3.21. The number of carbonyl (C=O) groups excluding carboxylic acids is 2. The van der Waals surface area contributed by atoms with Crippen molar-refractivity contribution in [3.63, 3.8) is 0 Å². The number of imide groups is 1. The zero-order valence-corrected chi connectivity index (χ0v) is 10.9. The summed E-state index contributed by atoms with van der Waals surface area (Å²) in [7, 11) is 0. The highest BCUT2D eigenvalue weighted by Gasteiger charge is 2.61. The zero-order valence-electron chi connectivity index (χ0n) is 10.9. The van der Waals surface area contributed by atoms with E-state index in [1.807, 2.05) is 0 Å². The highest BCUT2D eigenvalue weighted by molar-refractivity contribution is 5.96. The van der Waals surface area contributed by atoms with E-state index in [1.165, 1.54) is 4.90 Å². The average Bonchev–Trinajstić information content (AvgIpc) is 3.00. The third kappa shape index (κ3) is 1.91. The molecular weight excluding hydrogens is 268 g/mol. The number of aliphatic hydroxyl groups excluding tert-OH is 2. The van der Waals surface area contributed by atoms with E-state index in [1.54, 1.807) is 0 Å². The molecule has 3 N–H and O–H groups in total. The minimum Gasteiger partial charge on any atom is -0.394 e. The molecule has 3 heterocycles. The Labute approximate surface area is 115 Å². The number of amides is 3. The van der Waals surface area contributed by atoms with Crippen LogP contribution in [-0.2, 0) is 14.3 Å². The predicted molar refractivity (Wildman–Crippen MR) is 64.5 cm³/mol. The van der Waals surface area contributed by atoms with Crippen LogP contribution in [0.5, 0.6) is 0 Å².